The first-order valence-corrected chi connectivity index (χ1v) is 7.66. The molecule has 3 rings (SSSR count). The van der Waals surface area contributed by atoms with Gasteiger partial charge in [-0.05, 0) is 24.6 Å². The summed E-state index contributed by atoms with van der Waals surface area (Å²) < 4.78 is 5.30. The lowest BCUT2D eigenvalue weighted by atomic mass is 9.98. The van der Waals surface area contributed by atoms with Crippen LogP contribution in [-0.4, -0.2) is 31.1 Å². The average Bonchev–Trinajstić information content (AvgIpc) is 2.92. The Hall–Kier alpha value is -2.05. The molecule has 2 aromatic rings. The molecule has 2 atom stereocenters. The maximum Gasteiger partial charge on any atom is 0.239 e. The van der Waals surface area contributed by atoms with E-state index < -0.39 is 0 Å². The molecule has 1 aromatic heterocycles. The van der Waals surface area contributed by atoms with Crippen molar-refractivity contribution < 1.29 is 14.4 Å². The Morgan fingerprint density at radius 2 is 2.36 bits per heavy atom. The van der Waals surface area contributed by atoms with Gasteiger partial charge in [-0.2, -0.15) is 0 Å². The Balaban J connectivity index is 1.86. The minimum Gasteiger partial charge on any atom is -0.497 e. The van der Waals surface area contributed by atoms with Crippen molar-refractivity contribution in [2.45, 2.75) is 25.8 Å². The van der Waals surface area contributed by atoms with Crippen LogP contribution in [0.2, 0.25) is 0 Å². The van der Waals surface area contributed by atoms with E-state index in [9.17, 15) is 4.79 Å². The highest BCUT2D eigenvalue weighted by atomic mass is 16.5. The van der Waals surface area contributed by atoms with Crippen molar-refractivity contribution in [2.75, 3.05) is 20.2 Å². The summed E-state index contributed by atoms with van der Waals surface area (Å²) in [6.07, 6.45) is 1.48. The minimum absolute atomic E-state index is 0.105. The molecule has 0 aliphatic carbocycles. The molecular formula is C16H23N4O2+. The van der Waals surface area contributed by atoms with Gasteiger partial charge < -0.3 is 14.6 Å². The van der Waals surface area contributed by atoms with Gasteiger partial charge >= 0.3 is 0 Å². The third-order valence-corrected chi connectivity index (χ3v) is 4.72. The summed E-state index contributed by atoms with van der Waals surface area (Å²) in [5, 5.41) is 1.28. The van der Waals surface area contributed by atoms with Gasteiger partial charge in [-0.1, -0.05) is 0 Å². The number of aromatic nitrogens is 1. The number of quaternary nitrogens is 1. The second-order valence-corrected chi connectivity index (χ2v) is 5.88. The first-order chi connectivity index (χ1) is 10.6. The molecule has 1 amide bonds. The molecule has 118 valence electrons. The van der Waals surface area contributed by atoms with Crippen molar-refractivity contribution >= 4 is 16.8 Å². The van der Waals surface area contributed by atoms with Crippen molar-refractivity contribution in [1.82, 2.24) is 10.4 Å². The lowest BCUT2D eigenvalue weighted by molar-refractivity contribution is -0.931. The molecule has 6 heteroatoms. The predicted molar refractivity (Wildman–Crippen MR) is 84.6 cm³/mol. The Bertz CT molecular complexity index is 695. The number of hydrogen-bond acceptors (Lipinski definition) is 3. The lowest BCUT2D eigenvalue weighted by Gasteiger charge is -2.30. The fourth-order valence-electron chi connectivity index (χ4n) is 3.42. The molecule has 0 radical (unpaired) electrons. The summed E-state index contributed by atoms with van der Waals surface area (Å²) in [5.41, 5.74) is 6.00. The zero-order valence-corrected chi connectivity index (χ0v) is 13.0. The maximum absolute atomic E-state index is 11.3. The molecule has 1 aliphatic heterocycles. The first-order valence-electron chi connectivity index (χ1n) is 7.66. The Kier molecular flexibility index (Phi) is 4.04. The van der Waals surface area contributed by atoms with Gasteiger partial charge in [-0.3, -0.25) is 10.2 Å². The SMILES string of the molecule is COc1ccc2c3c([nH]c2c1)[C@H](C)[NH+](CCC(=O)NN)CC3. The number of carbonyl (C=O) groups excluding carboxylic acids is 1. The fourth-order valence-corrected chi connectivity index (χ4v) is 3.42. The first kappa shape index (κ1) is 14.9. The number of fused-ring (bicyclic) bond motifs is 3. The van der Waals surface area contributed by atoms with E-state index in [0.717, 1.165) is 30.8 Å². The van der Waals surface area contributed by atoms with E-state index in [1.807, 2.05) is 12.1 Å². The standard InChI is InChI=1S/C16H22N4O2/c1-10-16-13(5-7-20(10)8-6-15(21)19-17)12-4-3-11(22-2)9-14(12)18-16/h3-4,9-10,18H,5-8,17H2,1-2H3,(H,19,21)/p+1/t10-/m0/s1. The molecule has 0 bridgehead atoms. The summed E-state index contributed by atoms with van der Waals surface area (Å²) in [7, 11) is 1.68. The number of hydrazine groups is 1. The van der Waals surface area contributed by atoms with Crippen LogP contribution in [0.25, 0.3) is 10.9 Å². The lowest BCUT2D eigenvalue weighted by Crippen LogP contribution is -3.13. The third-order valence-electron chi connectivity index (χ3n) is 4.72. The van der Waals surface area contributed by atoms with Crippen molar-refractivity contribution in [3.63, 3.8) is 0 Å². The van der Waals surface area contributed by atoms with Gasteiger partial charge in [-0.25, -0.2) is 5.84 Å². The summed E-state index contributed by atoms with van der Waals surface area (Å²) in [4.78, 5) is 16.3. The van der Waals surface area contributed by atoms with Gasteiger partial charge in [0, 0.05) is 23.4 Å². The number of carbonyl (C=O) groups is 1. The molecule has 5 N–H and O–H groups in total. The smallest absolute Gasteiger partial charge is 0.239 e. The van der Waals surface area contributed by atoms with Gasteiger partial charge in [0.2, 0.25) is 5.91 Å². The van der Waals surface area contributed by atoms with E-state index in [-0.39, 0.29) is 5.91 Å². The van der Waals surface area contributed by atoms with Crippen LogP contribution in [0.1, 0.15) is 30.6 Å². The number of hydrogen-bond donors (Lipinski definition) is 4. The number of nitrogens with one attached hydrogen (secondary N) is 3. The average molecular weight is 303 g/mol. The number of H-pyrrole nitrogens is 1. The fraction of sp³-hybridized carbons (Fsp3) is 0.438. The van der Waals surface area contributed by atoms with Crippen molar-refractivity contribution in [3.05, 3.63) is 29.5 Å². The van der Waals surface area contributed by atoms with Crippen LogP contribution in [0.5, 0.6) is 5.75 Å². The van der Waals surface area contributed by atoms with Gasteiger partial charge in [0.1, 0.15) is 11.8 Å². The molecule has 0 saturated carbocycles. The number of ether oxygens (including phenoxy) is 1. The topological polar surface area (TPSA) is 84.6 Å². The maximum atomic E-state index is 11.3. The Morgan fingerprint density at radius 1 is 1.55 bits per heavy atom. The number of aromatic amines is 1. The minimum atomic E-state index is -0.105. The predicted octanol–water partition coefficient (Wildman–Crippen LogP) is 0.0585. The van der Waals surface area contributed by atoms with Crippen LogP contribution in [0.3, 0.4) is 0 Å². The van der Waals surface area contributed by atoms with E-state index in [1.165, 1.54) is 21.5 Å². The number of methoxy groups -OCH3 is 1. The molecule has 1 unspecified atom stereocenters. The van der Waals surface area contributed by atoms with Gasteiger partial charge in [0.25, 0.3) is 0 Å². The van der Waals surface area contributed by atoms with E-state index in [1.54, 1.807) is 7.11 Å². The zero-order valence-electron chi connectivity index (χ0n) is 13.0. The van der Waals surface area contributed by atoms with Crippen molar-refractivity contribution in [2.24, 2.45) is 5.84 Å². The number of benzene rings is 1. The summed E-state index contributed by atoms with van der Waals surface area (Å²) in [5.74, 6) is 5.91. The largest absolute Gasteiger partial charge is 0.497 e. The van der Waals surface area contributed by atoms with Gasteiger partial charge in [0.05, 0.1) is 32.3 Å². The Morgan fingerprint density at radius 3 is 3.09 bits per heavy atom. The zero-order chi connectivity index (χ0) is 15.7. The second-order valence-electron chi connectivity index (χ2n) is 5.88. The van der Waals surface area contributed by atoms with E-state index in [2.05, 4.69) is 23.4 Å². The number of amides is 1. The van der Waals surface area contributed by atoms with Crippen molar-refractivity contribution in [3.8, 4) is 5.75 Å². The summed E-state index contributed by atoms with van der Waals surface area (Å²) in [6, 6.07) is 6.52. The van der Waals surface area contributed by atoms with Crippen LogP contribution in [0, 0.1) is 0 Å². The van der Waals surface area contributed by atoms with Crippen LogP contribution < -0.4 is 20.9 Å². The molecule has 0 fully saturated rings. The van der Waals surface area contributed by atoms with E-state index in [0.29, 0.717) is 12.5 Å². The van der Waals surface area contributed by atoms with Crippen LogP contribution in [-0.2, 0) is 11.2 Å². The highest BCUT2D eigenvalue weighted by Gasteiger charge is 2.30. The molecule has 0 saturated heterocycles. The highest BCUT2D eigenvalue weighted by Crippen LogP contribution is 2.30. The van der Waals surface area contributed by atoms with Gasteiger partial charge in [-0.15, -0.1) is 0 Å². The normalized spacial score (nSPS) is 20.7. The van der Waals surface area contributed by atoms with Crippen LogP contribution in [0.15, 0.2) is 18.2 Å². The quantitative estimate of drug-likeness (QED) is 0.366. The highest BCUT2D eigenvalue weighted by molar-refractivity contribution is 5.86. The summed E-state index contributed by atoms with van der Waals surface area (Å²) >= 11 is 0. The molecule has 2 heterocycles. The van der Waals surface area contributed by atoms with Gasteiger partial charge in [0.15, 0.2) is 0 Å². The van der Waals surface area contributed by atoms with Crippen LogP contribution in [0.4, 0.5) is 0 Å². The van der Waals surface area contributed by atoms with E-state index >= 15 is 0 Å². The number of rotatable bonds is 4. The third kappa shape index (κ3) is 2.55. The molecular weight excluding hydrogens is 280 g/mol. The van der Waals surface area contributed by atoms with Crippen molar-refractivity contribution in [1.29, 1.82) is 0 Å². The van der Waals surface area contributed by atoms with Crippen LogP contribution >= 0.6 is 0 Å². The number of nitrogens with two attached hydrogens (primary N) is 1. The monoisotopic (exact) mass is 303 g/mol. The second kappa shape index (κ2) is 5.98. The molecule has 0 spiro atoms. The molecule has 1 aliphatic rings. The molecule has 1 aromatic carbocycles. The van der Waals surface area contributed by atoms with E-state index in [4.69, 9.17) is 10.6 Å². The Labute approximate surface area is 129 Å². The molecule has 22 heavy (non-hydrogen) atoms. The molecule has 6 nitrogen and oxygen atoms in total. The summed E-state index contributed by atoms with van der Waals surface area (Å²) in [6.45, 7) is 4.04.